The number of nitrogens with zero attached hydrogens (tertiary/aromatic N) is 2. The number of carbonyl (C=O) groups is 2. The summed E-state index contributed by atoms with van der Waals surface area (Å²) in [5.74, 6) is -1.81. The summed E-state index contributed by atoms with van der Waals surface area (Å²) in [4.78, 5) is 27.1. The summed E-state index contributed by atoms with van der Waals surface area (Å²) < 4.78 is 1.49. The number of imidazole rings is 1. The molecule has 2 rings (SSSR count). The van der Waals surface area contributed by atoms with E-state index in [0.29, 0.717) is 0 Å². The fraction of sp³-hybridized carbons (Fsp3) is 0.0833. The third kappa shape index (κ3) is 2.61. The lowest BCUT2D eigenvalue weighted by Crippen LogP contribution is -2.18. The van der Waals surface area contributed by atoms with Gasteiger partial charge in [-0.25, -0.2) is 9.78 Å². The van der Waals surface area contributed by atoms with Crippen LogP contribution in [0, 0.1) is 0 Å². The molecule has 0 saturated heterocycles. The summed E-state index contributed by atoms with van der Waals surface area (Å²) in [6.45, 7) is 0. The van der Waals surface area contributed by atoms with Crippen LogP contribution >= 0.6 is 23.2 Å². The molecule has 0 spiro atoms. The van der Waals surface area contributed by atoms with Crippen molar-refractivity contribution < 1.29 is 14.7 Å². The Hall–Kier alpha value is -2.05. The van der Waals surface area contributed by atoms with E-state index in [-0.39, 0.29) is 27.0 Å². The highest BCUT2D eigenvalue weighted by Gasteiger charge is 2.21. The van der Waals surface area contributed by atoms with Crippen molar-refractivity contribution in [2.75, 3.05) is 5.32 Å². The van der Waals surface area contributed by atoms with Crippen LogP contribution in [0.1, 0.15) is 20.8 Å². The maximum atomic E-state index is 12.1. The van der Waals surface area contributed by atoms with Crippen molar-refractivity contribution in [3.05, 3.63) is 46.0 Å². The second-order valence-corrected chi connectivity index (χ2v) is 4.74. The maximum Gasteiger partial charge on any atom is 0.339 e. The summed E-state index contributed by atoms with van der Waals surface area (Å²) >= 11 is 11.8. The lowest BCUT2D eigenvalue weighted by Gasteiger charge is -2.11. The maximum absolute atomic E-state index is 12.1. The summed E-state index contributed by atoms with van der Waals surface area (Å²) in [7, 11) is 1.64. The molecule has 6 nitrogen and oxygen atoms in total. The highest BCUT2D eigenvalue weighted by molar-refractivity contribution is 6.38. The van der Waals surface area contributed by atoms with Crippen LogP contribution in [0.25, 0.3) is 0 Å². The van der Waals surface area contributed by atoms with Gasteiger partial charge in [-0.05, 0) is 12.1 Å². The molecule has 1 aromatic carbocycles. The number of aromatic carboxylic acids is 1. The van der Waals surface area contributed by atoms with Crippen LogP contribution in [0.5, 0.6) is 0 Å². The quantitative estimate of drug-likeness (QED) is 0.912. The average molecular weight is 314 g/mol. The molecule has 2 N–H and O–H groups in total. The second kappa shape index (κ2) is 5.52. The Balaban J connectivity index is 2.44. The minimum absolute atomic E-state index is 0.0118. The van der Waals surface area contributed by atoms with Gasteiger partial charge in [0.15, 0.2) is 0 Å². The summed E-state index contributed by atoms with van der Waals surface area (Å²) in [5, 5.41) is 11.7. The van der Waals surface area contributed by atoms with Gasteiger partial charge in [-0.2, -0.15) is 0 Å². The highest BCUT2D eigenvalue weighted by Crippen LogP contribution is 2.32. The van der Waals surface area contributed by atoms with Crippen LogP contribution in [0.3, 0.4) is 0 Å². The number of halogens is 2. The second-order valence-electron chi connectivity index (χ2n) is 3.93. The molecule has 0 radical (unpaired) electrons. The Kier molecular flexibility index (Phi) is 3.96. The number of carboxylic acids is 1. The van der Waals surface area contributed by atoms with E-state index in [2.05, 4.69) is 10.3 Å². The third-order valence-electron chi connectivity index (χ3n) is 2.61. The van der Waals surface area contributed by atoms with Crippen molar-refractivity contribution in [2.45, 2.75) is 0 Å². The lowest BCUT2D eigenvalue weighted by atomic mass is 10.1. The summed E-state index contributed by atoms with van der Waals surface area (Å²) in [5.41, 5.74) is -0.0371. The third-order valence-corrected chi connectivity index (χ3v) is 3.24. The number of benzene rings is 1. The molecule has 1 aromatic heterocycles. The van der Waals surface area contributed by atoms with E-state index in [1.807, 2.05) is 0 Å². The first-order valence-corrected chi connectivity index (χ1v) is 6.16. The molecule has 0 saturated carbocycles. The zero-order valence-electron chi connectivity index (χ0n) is 10.2. The molecular weight excluding hydrogens is 305 g/mol. The van der Waals surface area contributed by atoms with Crippen LogP contribution in [0.2, 0.25) is 10.0 Å². The lowest BCUT2D eigenvalue weighted by molar-refractivity contribution is 0.0698. The molecule has 20 heavy (non-hydrogen) atoms. The van der Waals surface area contributed by atoms with Crippen molar-refractivity contribution in [1.29, 1.82) is 0 Å². The largest absolute Gasteiger partial charge is 0.478 e. The summed E-state index contributed by atoms with van der Waals surface area (Å²) in [6, 6.07) is 2.77. The molecule has 0 aliphatic heterocycles. The molecule has 1 amide bonds. The number of anilines is 1. The Morgan fingerprint density at radius 1 is 1.30 bits per heavy atom. The van der Waals surface area contributed by atoms with E-state index < -0.39 is 11.9 Å². The predicted octanol–water partition coefficient (Wildman–Crippen LogP) is 2.68. The van der Waals surface area contributed by atoms with Gasteiger partial charge in [-0.3, -0.25) is 4.79 Å². The zero-order chi connectivity index (χ0) is 14.9. The number of amides is 1. The first kappa shape index (κ1) is 14.4. The van der Waals surface area contributed by atoms with Crippen LogP contribution in [0.15, 0.2) is 24.7 Å². The molecule has 1 heterocycles. The van der Waals surface area contributed by atoms with Gasteiger partial charge in [0.2, 0.25) is 0 Å². The van der Waals surface area contributed by atoms with E-state index in [4.69, 9.17) is 28.3 Å². The van der Waals surface area contributed by atoms with Crippen molar-refractivity contribution in [3.63, 3.8) is 0 Å². The molecule has 0 bridgehead atoms. The monoisotopic (exact) mass is 313 g/mol. The number of aromatic nitrogens is 2. The van der Waals surface area contributed by atoms with Gasteiger partial charge < -0.3 is 15.0 Å². The van der Waals surface area contributed by atoms with Crippen molar-refractivity contribution >= 4 is 40.8 Å². The first-order valence-electron chi connectivity index (χ1n) is 5.40. The van der Waals surface area contributed by atoms with Crippen molar-refractivity contribution in [2.24, 2.45) is 7.05 Å². The Morgan fingerprint density at radius 3 is 2.50 bits per heavy atom. The van der Waals surface area contributed by atoms with Gasteiger partial charge >= 0.3 is 5.97 Å². The van der Waals surface area contributed by atoms with Gasteiger partial charge in [0.25, 0.3) is 5.91 Å². The topological polar surface area (TPSA) is 84.2 Å². The molecule has 104 valence electrons. The smallest absolute Gasteiger partial charge is 0.339 e. The molecule has 0 aliphatic rings. The van der Waals surface area contributed by atoms with Crippen LogP contribution in [0.4, 0.5) is 5.69 Å². The zero-order valence-corrected chi connectivity index (χ0v) is 11.7. The normalized spacial score (nSPS) is 10.3. The van der Waals surface area contributed by atoms with Crippen molar-refractivity contribution in [1.82, 2.24) is 9.55 Å². The number of rotatable bonds is 3. The molecule has 0 unspecified atom stereocenters. The molecule has 2 aromatic rings. The van der Waals surface area contributed by atoms with E-state index in [1.165, 1.54) is 29.2 Å². The van der Waals surface area contributed by atoms with Gasteiger partial charge in [0, 0.05) is 7.05 Å². The van der Waals surface area contributed by atoms with Gasteiger partial charge in [-0.15, -0.1) is 0 Å². The van der Waals surface area contributed by atoms with E-state index >= 15 is 0 Å². The Labute approximate surface area is 123 Å². The molecule has 0 aliphatic carbocycles. The minimum Gasteiger partial charge on any atom is -0.478 e. The number of carbonyl (C=O) groups excluding carboxylic acids is 1. The Morgan fingerprint density at radius 2 is 1.95 bits per heavy atom. The molecule has 0 fully saturated rings. The van der Waals surface area contributed by atoms with E-state index in [9.17, 15) is 9.59 Å². The fourth-order valence-electron chi connectivity index (χ4n) is 1.64. The first-order chi connectivity index (χ1) is 9.41. The van der Waals surface area contributed by atoms with Crippen molar-refractivity contribution in [3.8, 4) is 0 Å². The SMILES string of the molecule is Cn1cncc1C(=O)Nc1c(Cl)ccc(Cl)c1C(=O)O. The fourth-order valence-corrected chi connectivity index (χ4v) is 2.08. The predicted molar refractivity (Wildman–Crippen MR) is 74.6 cm³/mol. The van der Waals surface area contributed by atoms with Gasteiger partial charge in [0.05, 0.1) is 28.3 Å². The van der Waals surface area contributed by atoms with Crippen LogP contribution < -0.4 is 5.32 Å². The number of aryl methyl sites for hydroxylation is 1. The Bertz CT molecular complexity index is 697. The highest BCUT2D eigenvalue weighted by atomic mass is 35.5. The van der Waals surface area contributed by atoms with E-state index in [0.717, 1.165) is 0 Å². The van der Waals surface area contributed by atoms with Crippen LogP contribution in [-0.4, -0.2) is 26.5 Å². The van der Waals surface area contributed by atoms with Crippen LogP contribution in [-0.2, 0) is 7.05 Å². The van der Waals surface area contributed by atoms with Gasteiger partial charge in [0.1, 0.15) is 11.3 Å². The molecular formula is C12H9Cl2N3O3. The van der Waals surface area contributed by atoms with E-state index in [1.54, 1.807) is 7.05 Å². The number of hydrogen-bond donors (Lipinski definition) is 2. The average Bonchev–Trinajstić information content (AvgIpc) is 2.79. The number of nitrogens with one attached hydrogen (secondary N) is 1. The molecule has 0 atom stereocenters. The number of hydrogen-bond acceptors (Lipinski definition) is 3. The molecule has 8 heteroatoms. The minimum atomic E-state index is -1.28. The number of carboxylic acid groups (broad SMARTS) is 1. The summed E-state index contributed by atoms with van der Waals surface area (Å²) in [6.07, 6.45) is 2.81. The standard InChI is InChI=1S/C12H9Cl2N3O3/c1-17-5-15-4-8(17)11(18)16-10-7(14)3-2-6(13)9(10)12(19)20/h2-5H,1H3,(H,16,18)(H,19,20). The van der Waals surface area contributed by atoms with Gasteiger partial charge in [-0.1, -0.05) is 23.2 Å².